The van der Waals surface area contributed by atoms with Crippen LogP contribution in [0.3, 0.4) is 0 Å². The number of nitrogens with zero attached hydrogens (tertiary/aromatic N) is 4. The number of anilines is 1. The Bertz CT molecular complexity index is 402. The van der Waals surface area contributed by atoms with E-state index in [4.69, 9.17) is 11.6 Å². The molecule has 2 saturated heterocycles. The van der Waals surface area contributed by atoms with Crippen LogP contribution in [0.1, 0.15) is 32.1 Å². The van der Waals surface area contributed by atoms with E-state index in [2.05, 4.69) is 19.8 Å². The van der Waals surface area contributed by atoms with Gasteiger partial charge in [-0.15, -0.1) is 0 Å². The maximum Gasteiger partial charge on any atom is 0.225 e. The van der Waals surface area contributed by atoms with Crippen LogP contribution in [0.15, 0.2) is 12.4 Å². The minimum atomic E-state index is 0.569. The number of rotatable bonds is 3. The van der Waals surface area contributed by atoms with Gasteiger partial charge in [-0.25, -0.2) is 9.97 Å². The molecule has 3 heterocycles. The van der Waals surface area contributed by atoms with Crippen LogP contribution >= 0.6 is 11.6 Å². The Balaban J connectivity index is 1.65. The molecule has 2 aliphatic heterocycles. The van der Waals surface area contributed by atoms with E-state index in [9.17, 15) is 0 Å². The highest BCUT2D eigenvalue weighted by Crippen LogP contribution is 2.24. The first-order valence-corrected chi connectivity index (χ1v) is 7.67. The van der Waals surface area contributed by atoms with E-state index in [0.29, 0.717) is 11.1 Å². The van der Waals surface area contributed by atoms with Crippen LogP contribution in [0.5, 0.6) is 0 Å². The van der Waals surface area contributed by atoms with Gasteiger partial charge in [0.05, 0.1) is 17.4 Å². The monoisotopic (exact) mass is 280 g/mol. The summed E-state index contributed by atoms with van der Waals surface area (Å²) in [6, 6.07) is 0.569. The molecule has 1 aromatic rings. The van der Waals surface area contributed by atoms with Gasteiger partial charge in [-0.2, -0.15) is 0 Å². The number of hydrogen-bond acceptors (Lipinski definition) is 4. The van der Waals surface area contributed by atoms with Gasteiger partial charge in [0.1, 0.15) is 0 Å². The zero-order valence-electron chi connectivity index (χ0n) is 11.3. The van der Waals surface area contributed by atoms with Gasteiger partial charge in [0, 0.05) is 19.1 Å². The highest BCUT2D eigenvalue weighted by atomic mass is 35.5. The van der Waals surface area contributed by atoms with E-state index in [1.807, 2.05) is 0 Å². The number of halogens is 1. The fourth-order valence-electron chi connectivity index (χ4n) is 3.18. The lowest BCUT2D eigenvalue weighted by Crippen LogP contribution is -2.43. The van der Waals surface area contributed by atoms with E-state index in [1.54, 1.807) is 12.4 Å². The Morgan fingerprint density at radius 2 is 1.79 bits per heavy atom. The topological polar surface area (TPSA) is 32.3 Å². The molecule has 0 spiro atoms. The van der Waals surface area contributed by atoms with Gasteiger partial charge in [-0.3, -0.25) is 0 Å². The fourth-order valence-corrected chi connectivity index (χ4v) is 3.28. The summed E-state index contributed by atoms with van der Waals surface area (Å²) in [6.07, 6.45) is 9.98. The third kappa shape index (κ3) is 3.18. The van der Waals surface area contributed by atoms with Crippen LogP contribution in [0.2, 0.25) is 5.02 Å². The van der Waals surface area contributed by atoms with Gasteiger partial charge in [0.2, 0.25) is 5.95 Å². The summed E-state index contributed by atoms with van der Waals surface area (Å²) in [5.74, 6) is 0.837. The zero-order valence-corrected chi connectivity index (χ0v) is 12.0. The SMILES string of the molecule is Clc1cnc(N2CCC[C@@H]2CN2CCCCC2)nc1. The lowest BCUT2D eigenvalue weighted by Gasteiger charge is -2.32. The summed E-state index contributed by atoms with van der Waals surface area (Å²) >= 11 is 5.86. The van der Waals surface area contributed by atoms with Gasteiger partial charge in [0.25, 0.3) is 0 Å². The van der Waals surface area contributed by atoms with Crippen LogP contribution in [-0.4, -0.2) is 47.1 Å². The summed E-state index contributed by atoms with van der Waals surface area (Å²) in [7, 11) is 0. The number of hydrogen-bond donors (Lipinski definition) is 0. The van der Waals surface area contributed by atoms with Crippen molar-refractivity contribution in [3.05, 3.63) is 17.4 Å². The second-order valence-corrected chi connectivity index (χ2v) is 5.99. The average molecular weight is 281 g/mol. The molecule has 19 heavy (non-hydrogen) atoms. The first-order valence-electron chi connectivity index (χ1n) is 7.29. The first kappa shape index (κ1) is 13.1. The van der Waals surface area contributed by atoms with Crippen molar-refractivity contribution in [1.29, 1.82) is 0 Å². The van der Waals surface area contributed by atoms with Crippen molar-refractivity contribution in [1.82, 2.24) is 14.9 Å². The predicted molar refractivity (Wildman–Crippen MR) is 77.7 cm³/mol. The van der Waals surface area contributed by atoms with Gasteiger partial charge in [-0.1, -0.05) is 18.0 Å². The van der Waals surface area contributed by atoms with Crippen molar-refractivity contribution in [2.24, 2.45) is 0 Å². The molecule has 0 N–H and O–H groups in total. The Labute approximate surface area is 119 Å². The number of piperidine rings is 1. The fraction of sp³-hybridized carbons (Fsp3) is 0.714. The van der Waals surface area contributed by atoms with Crippen LogP contribution in [-0.2, 0) is 0 Å². The maximum atomic E-state index is 5.86. The molecule has 3 rings (SSSR count). The van der Waals surface area contributed by atoms with Gasteiger partial charge < -0.3 is 9.80 Å². The van der Waals surface area contributed by atoms with Gasteiger partial charge >= 0.3 is 0 Å². The van der Waals surface area contributed by atoms with Crippen LogP contribution < -0.4 is 4.90 Å². The van der Waals surface area contributed by atoms with Crippen molar-refractivity contribution in [2.45, 2.75) is 38.1 Å². The average Bonchev–Trinajstić information content (AvgIpc) is 2.89. The van der Waals surface area contributed by atoms with E-state index in [1.165, 1.54) is 45.2 Å². The molecule has 0 radical (unpaired) electrons. The second kappa shape index (κ2) is 6.06. The third-order valence-electron chi connectivity index (χ3n) is 4.16. The standard InChI is InChI=1S/C14H21ClN4/c15-12-9-16-14(17-10-12)19-8-4-5-13(19)11-18-6-2-1-3-7-18/h9-10,13H,1-8,11H2/t13-/m1/s1. The molecule has 1 aromatic heterocycles. The van der Waals surface area contributed by atoms with E-state index >= 15 is 0 Å². The third-order valence-corrected chi connectivity index (χ3v) is 4.35. The van der Waals surface area contributed by atoms with Crippen LogP contribution in [0, 0.1) is 0 Å². The molecule has 0 bridgehead atoms. The summed E-state index contributed by atoms with van der Waals surface area (Å²) in [6.45, 7) is 4.74. The largest absolute Gasteiger partial charge is 0.337 e. The molecule has 2 aliphatic rings. The van der Waals surface area contributed by atoms with Crippen LogP contribution in [0.25, 0.3) is 0 Å². The summed E-state index contributed by atoms with van der Waals surface area (Å²) in [5.41, 5.74) is 0. The summed E-state index contributed by atoms with van der Waals surface area (Å²) < 4.78 is 0. The summed E-state index contributed by atoms with van der Waals surface area (Å²) in [5, 5.41) is 0.607. The Morgan fingerprint density at radius 1 is 1.05 bits per heavy atom. The molecule has 0 saturated carbocycles. The maximum absolute atomic E-state index is 5.86. The Morgan fingerprint density at radius 3 is 2.53 bits per heavy atom. The highest BCUT2D eigenvalue weighted by Gasteiger charge is 2.28. The number of aromatic nitrogens is 2. The van der Waals surface area contributed by atoms with Gasteiger partial charge in [-0.05, 0) is 38.8 Å². The molecule has 0 amide bonds. The first-order chi connectivity index (χ1) is 9.33. The highest BCUT2D eigenvalue weighted by molar-refractivity contribution is 6.30. The van der Waals surface area contributed by atoms with Crippen LogP contribution in [0.4, 0.5) is 5.95 Å². The van der Waals surface area contributed by atoms with Gasteiger partial charge in [0.15, 0.2) is 0 Å². The second-order valence-electron chi connectivity index (χ2n) is 5.55. The quantitative estimate of drug-likeness (QED) is 0.852. The predicted octanol–water partition coefficient (Wildman–Crippen LogP) is 2.58. The van der Waals surface area contributed by atoms with E-state index in [-0.39, 0.29) is 0 Å². The minimum Gasteiger partial charge on any atom is -0.337 e. The molecule has 0 aromatic carbocycles. The number of likely N-dealkylation sites (tertiary alicyclic amines) is 1. The van der Waals surface area contributed by atoms with Crippen molar-refractivity contribution < 1.29 is 0 Å². The molecule has 0 unspecified atom stereocenters. The molecule has 104 valence electrons. The van der Waals surface area contributed by atoms with Crippen molar-refractivity contribution in [3.63, 3.8) is 0 Å². The molecule has 1 atom stereocenters. The van der Waals surface area contributed by atoms with Crippen molar-refractivity contribution >= 4 is 17.5 Å². The molecule has 4 nitrogen and oxygen atoms in total. The van der Waals surface area contributed by atoms with E-state index in [0.717, 1.165) is 19.0 Å². The Hall–Kier alpha value is -0.870. The lowest BCUT2D eigenvalue weighted by molar-refractivity contribution is 0.216. The van der Waals surface area contributed by atoms with E-state index < -0.39 is 0 Å². The normalized spacial score (nSPS) is 24.9. The lowest BCUT2D eigenvalue weighted by atomic mass is 10.1. The summed E-state index contributed by atoms with van der Waals surface area (Å²) in [4.78, 5) is 13.7. The Kier molecular flexibility index (Phi) is 4.18. The molecule has 2 fully saturated rings. The minimum absolute atomic E-state index is 0.569. The molecular weight excluding hydrogens is 260 g/mol. The molecule has 5 heteroatoms. The van der Waals surface area contributed by atoms with Crippen molar-refractivity contribution in [3.8, 4) is 0 Å². The zero-order chi connectivity index (χ0) is 13.1. The van der Waals surface area contributed by atoms with Crippen molar-refractivity contribution in [2.75, 3.05) is 31.1 Å². The molecule has 0 aliphatic carbocycles. The molecular formula is C14H21ClN4. The smallest absolute Gasteiger partial charge is 0.225 e.